The summed E-state index contributed by atoms with van der Waals surface area (Å²) in [5.41, 5.74) is 2.25. The summed E-state index contributed by atoms with van der Waals surface area (Å²) in [6.45, 7) is 1.90. The van der Waals surface area contributed by atoms with Crippen LogP contribution >= 0.6 is 11.3 Å². The van der Waals surface area contributed by atoms with Crippen LogP contribution in [0.2, 0.25) is 0 Å². The van der Waals surface area contributed by atoms with Crippen molar-refractivity contribution in [3.05, 3.63) is 69.9 Å². The number of fused-ring (bicyclic) bond motifs is 1. The van der Waals surface area contributed by atoms with Crippen molar-refractivity contribution >= 4 is 32.8 Å². The number of para-hydroxylation sites is 1. The second kappa shape index (κ2) is 7.07. The van der Waals surface area contributed by atoms with Gasteiger partial charge in [-0.15, -0.1) is 11.3 Å². The minimum atomic E-state index is -3.73. The number of sulfone groups is 1. The second-order valence-electron chi connectivity index (χ2n) is 6.70. The molecule has 0 unspecified atom stereocenters. The monoisotopic (exact) mass is 413 g/mol. The number of hydrogen-bond acceptors (Lipinski definition) is 5. The van der Waals surface area contributed by atoms with Crippen molar-refractivity contribution in [1.29, 1.82) is 0 Å². The Morgan fingerprint density at radius 3 is 2.54 bits per heavy atom. The average molecular weight is 414 g/mol. The first-order valence-electron chi connectivity index (χ1n) is 8.77. The number of rotatable bonds is 4. The van der Waals surface area contributed by atoms with Gasteiger partial charge in [0.05, 0.1) is 17.7 Å². The molecule has 5 nitrogen and oxygen atoms in total. The topological polar surface area (TPSA) is 72.5 Å². The third-order valence-electron chi connectivity index (χ3n) is 4.89. The first-order chi connectivity index (χ1) is 13.4. The van der Waals surface area contributed by atoms with Crippen molar-refractivity contribution in [2.24, 2.45) is 0 Å². The molecular weight excluding hydrogens is 394 g/mol. The third-order valence-corrected chi connectivity index (χ3v) is 7.93. The molecule has 144 valence electrons. The molecule has 4 rings (SSSR count). The zero-order valence-electron chi connectivity index (χ0n) is 15.4. The van der Waals surface area contributed by atoms with Crippen LogP contribution in [0.4, 0.5) is 5.69 Å². The van der Waals surface area contributed by atoms with Crippen molar-refractivity contribution in [1.82, 2.24) is 0 Å². The van der Waals surface area contributed by atoms with Crippen LogP contribution in [-0.2, 0) is 14.6 Å². The molecule has 0 saturated heterocycles. The zero-order chi connectivity index (χ0) is 19.9. The van der Waals surface area contributed by atoms with Gasteiger partial charge in [0.25, 0.3) is 0 Å². The van der Waals surface area contributed by atoms with Gasteiger partial charge < -0.3 is 10.1 Å². The Labute approximate surface area is 167 Å². The lowest BCUT2D eigenvalue weighted by atomic mass is 9.90. The molecule has 1 atom stereocenters. The maximum atomic E-state index is 13.2. The Balaban J connectivity index is 1.84. The van der Waals surface area contributed by atoms with Gasteiger partial charge in [0.15, 0.2) is 0 Å². The number of methoxy groups -OCH3 is 1. The third kappa shape index (κ3) is 3.10. The quantitative estimate of drug-likeness (QED) is 0.689. The summed E-state index contributed by atoms with van der Waals surface area (Å²) in [6, 6.07) is 14.2. The number of anilines is 1. The number of carbonyl (C=O) groups excluding carboxylic acids is 1. The molecule has 2 heterocycles. The average Bonchev–Trinajstić information content (AvgIpc) is 3.12. The number of carbonyl (C=O) groups is 1. The minimum Gasteiger partial charge on any atom is -0.496 e. The highest BCUT2D eigenvalue weighted by Crippen LogP contribution is 2.47. The molecule has 2 aromatic carbocycles. The van der Waals surface area contributed by atoms with Gasteiger partial charge in [-0.3, -0.25) is 4.79 Å². The number of thiophene rings is 1. The van der Waals surface area contributed by atoms with Crippen molar-refractivity contribution in [2.75, 3.05) is 12.4 Å². The Bertz CT molecular complexity index is 1150. The Morgan fingerprint density at radius 1 is 1.11 bits per heavy atom. The van der Waals surface area contributed by atoms with Gasteiger partial charge in [-0.25, -0.2) is 8.42 Å². The van der Waals surface area contributed by atoms with E-state index in [0.717, 1.165) is 16.0 Å². The normalized spacial score (nSPS) is 16.4. The molecule has 0 spiro atoms. The van der Waals surface area contributed by atoms with Crippen LogP contribution in [0.3, 0.4) is 0 Å². The van der Waals surface area contributed by atoms with Gasteiger partial charge in [-0.05, 0) is 25.1 Å². The van der Waals surface area contributed by atoms with E-state index in [0.29, 0.717) is 11.4 Å². The van der Waals surface area contributed by atoms with Crippen LogP contribution in [0.15, 0.2) is 63.7 Å². The highest BCUT2D eigenvalue weighted by atomic mass is 32.2. The van der Waals surface area contributed by atoms with E-state index >= 15 is 0 Å². The van der Waals surface area contributed by atoms with Gasteiger partial charge in [-0.2, -0.15) is 0 Å². The number of nitrogens with one attached hydrogen (secondary N) is 1. The Hall–Kier alpha value is -2.64. The second-order valence-corrected chi connectivity index (χ2v) is 9.53. The summed E-state index contributed by atoms with van der Waals surface area (Å²) in [6.07, 6.45) is 0.248. The van der Waals surface area contributed by atoms with Crippen LogP contribution in [0.1, 0.15) is 28.3 Å². The van der Waals surface area contributed by atoms with Gasteiger partial charge in [0.1, 0.15) is 10.6 Å². The van der Waals surface area contributed by atoms with Crippen molar-refractivity contribution in [3.8, 4) is 5.75 Å². The van der Waals surface area contributed by atoms with E-state index in [1.165, 1.54) is 11.3 Å². The van der Waals surface area contributed by atoms with E-state index in [-0.39, 0.29) is 28.0 Å². The van der Waals surface area contributed by atoms with E-state index in [1.54, 1.807) is 36.8 Å². The van der Waals surface area contributed by atoms with Crippen molar-refractivity contribution in [3.63, 3.8) is 0 Å². The summed E-state index contributed by atoms with van der Waals surface area (Å²) >= 11 is 1.35. The largest absolute Gasteiger partial charge is 0.496 e. The fourth-order valence-electron chi connectivity index (χ4n) is 3.45. The lowest BCUT2D eigenvalue weighted by molar-refractivity contribution is -0.116. The van der Waals surface area contributed by atoms with Gasteiger partial charge in [0.2, 0.25) is 15.7 Å². The predicted molar refractivity (Wildman–Crippen MR) is 109 cm³/mol. The molecule has 1 N–H and O–H groups in total. The van der Waals surface area contributed by atoms with Crippen LogP contribution in [0.25, 0.3) is 0 Å². The summed E-state index contributed by atoms with van der Waals surface area (Å²) < 4.78 is 31.8. The molecule has 0 aliphatic carbocycles. The molecule has 0 saturated carbocycles. The van der Waals surface area contributed by atoms with E-state index in [4.69, 9.17) is 4.74 Å². The lowest BCUT2D eigenvalue weighted by Crippen LogP contribution is -2.23. The molecule has 0 fully saturated rings. The first-order valence-corrected chi connectivity index (χ1v) is 11.1. The highest BCUT2D eigenvalue weighted by molar-refractivity contribution is 7.91. The number of ether oxygens (including phenoxy) is 1. The number of benzene rings is 2. The van der Waals surface area contributed by atoms with E-state index < -0.39 is 9.84 Å². The molecule has 7 heteroatoms. The number of amides is 1. The molecule has 28 heavy (non-hydrogen) atoms. The van der Waals surface area contributed by atoms with Gasteiger partial charge >= 0.3 is 0 Å². The number of aryl methyl sites for hydroxylation is 1. The van der Waals surface area contributed by atoms with Gasteiger partial charge in [0, 0.05) is 28.2 Å². The van der Waals surface area contributed by atoms with E-state index in [2.05, 4.69) is 5.32 Å². The summed E-state index contributed by atoms with van der Waals surface area (Å²) in [5.74, 6) is 0.235. The maximum absolute atomic E-state index is 13.2. The summed E-state index contributed by atoms with van der Waals surface area (Å²) in [4.78, 5) is 13.6. The van der Waals surface area contributed by atoms with E-state index in [1.807, 2.05) is 31.2 Å². The van der Waals surface area contributed by atoms with Crippen LogP contribution in [-0.4, -0.2) is 21.4 Å². The SMILES string of the molecule is COc1ccccc1[C@H]1CC(=O)Nc2c(S(=O)(=O)c3ccc(C)cc3)csc21. The van der Waals surface area contributed by atoms with Crippen LogP contribution in [0.5, 0.6) is 5.75 Å². The predicted octanol–water partition coefficient (Wildman–Crippen LogP) is 4.37. The number of hydrogen-bond donors (Lipinski definition) is 1. The van der Waals surface area contributed by atoms with Gasteiger partial charge in [-0.1, -0.05) is 35.9 Å². The molecule has 1 aromatic heterocycles. The van der Waals surface area contributed by atoms with Crippen LogP contribution < -0.4 is 10.1 Å². The molecule has 0 bridgehead atoms. The molecule has 1 aliphatic rings. The molecule has 0 radical (unpaired) electrons. The summed E-state index contributed by atoms with van der Waals surface area (Å²) in [7, 11) is -2.15. The molecular formula is C21H19NO4S2. The Kier molecular flexibility index (Phi) is 4.72. The lowest BCUT2D eigenvalue weighted by Gasteiger charge is -2.25. The molecule has 1 amide bonds. The maximum Gasteiger partial charge on any atom is 0.225 e. The van der Waals surface area contributed by atoms with Crippen molar-refractivity contribution in [2.45, 2.75) is 29.1 Å². The zero-order valence-corrected chi connectivity index (χ0v) is 17.1. The van der Waals surface area contributed by atoms with E-state index in [9.17, 15) is 13.2 Å². The standard InChI is InChI=1S/C21H19NO4S2/c1-13-7-9-14(10-8-13)28(24,25)18-12-27-21-16(11-19(23)22-20(18)21)15-5-3-4-6-17(15)26-2/h3-10,12,16H,11H2,1-2H3,(H,22,23)/t16-/m1/s1. The fraction of sp³-hybridized carbons (Fsp3) is 0.190. The highest BCUT2D eigenvalue weighted by Gasteiger charge is 2.35. The fourth-order valence-corrected chi connectivity index (χ4v) is 6.35. The van der Waals surface area contributed by atoms with Crippen molar-refractivity contribution < 1.29 is 17.9 Å². The molecule has 3 aromatic rings. The molecule has 1 aliphatic heterocycles. The Morgan fingerprint density at radius 2 is 1.82 bits per heavy atom. The first kappa shape index (κ1) is 18.7. The smallest absolute Gasteiger partial charge is 0.225 e. The van der Waals surface area contributed by atoms with Crippen LogP contribution in [0, 0.1) is 6.92 Å². The minimum absolute atomic E-state index is 0.143. The summed E-state index contributed by atoms with van der Waals surface area (Å²) in [5, 5.41) is 4.40.